The molecule has 1 aliphatic heterocycles. The van der Waals surface area contributed by atoms with Crippen LogP contribution in [0.5, 0.6) is 0 Å². The average molecular weight is 375 g/mol. The third-order valence-corrected chi connectivity index (χ3v) is 4.43. The topological polar surface area (TPSA) is 75.6 Å². The summed E-state index contributed by atoms with van der Waals surface area (Å²) >= 11 is 0. The summed E-state index contributed by atoms with van der Waals surface area (Å²) in [6, 6.07) is 5.66. The molecule has 8 heteroatoms. The molecule has 1 aliphatic rings. The Morgan fingerprint density at radius 2 is 1.96 bits per heavy atom. The number of hydrogen-bond acceptors (Lipinski definition) is 6. The SMILES string of the molecule is Cl.FC1(CNc2nc(-c3ccncc3)cc3nccnc23)CCCNC1. The number of anilines is 1. The van der Waals surface area contributed by atoms with E-state index in [0.717, 1.165) is 29.7 Å². The molecule has 1 unspecified atom stereocenters. The number of rotatable bonds is 4. The Bertz CT molecular complexity index is 870. The van der Waals surface area contributed by atoms with E-state index in [2.05, 4.69) is 30.6 Å². The van der Waals surface area contributed by atoms with Gasteiger partial charge in [-0.25, -0.2) is 14.4 Å². The van der Waals surface area contributed by atoms with Crippen molar-refractivity contribution in [2.45, 2.75) is 18.5 Å². The van der Waals surface area contributed by atoms with E-state index in [1.165, 1.54) is 0 Å². The lowest BCUT2D eigenvalue weighted by Gasteiger charge is -2.30. The highest BCUT2D eigenvalue weighted by atomic mass is 35.5. The fourth-order valence-electron chi connectivity index (χ4n) is 3.09. The first-order valence-corrected chi connectivity index (χ1v) is 8.39. The van der Waals surface area contributed by atoms with Gasteiger partial charge in [0.2, 0.25) is 0 Å². The van der Waals surface area contributed by atoms with Crippen LogP contribution in [0.15, 0.2) is 43.0 Å². The summed E-state index contributed by atoms with van der Waals surface area (Å²) in [5.74, 6) is 0.556. The molecule has 0 aromatic carbocycles. The monoisotopic (exact) mass is 374 g/mol. The predicted octanol–water partition coefficient (Wildman–Crippen LogP) is 3.01. The van der Waals surface area contributed by atoms with Crippen molar-refractivity contribution >= 4 is 29.3 Å². The van der Waals surface area contributed by atoms with Crippen LogP contribution in [0.3, 0.4) is 0 Å². The number of nitrogens with zero attached hydrogens (tertiary/aromatic N) is 4. The molecular weight excluding hydrogens is 355 g/mol. The summed E-state index contributed by atoms with van der Waals surface area (Å²) in [5, 5.41) is 6.28. The van der Waals surface area contributed by atoms with Crippen LogP contribution in [-0.4, -0.2) is 45.2 Å². The first-order valence-electron chi connectivity index (χ1n) is 8.39. The lowest BCUT2D eigenvalue weighted by molar-refractivity contribution is 0.137. The first kappa shape index (κ1) is 18.4. The zero-order valence-electron chi connectivity index (χ0n) is 14.2. The van der Waals surface area contributed by atoms with Gasteiger partial charge in [-0.3, -0.25) is 9.97 Å². The summed E-state index contributed by atoms with van der Waals surface area (Å²) in [5.41, 5.74) is 1.78. The van der Waals surface area contributed by atoms with Gasteiger partial charge in [0, 0.05) is 36.9 Å². The second-order valence-electron chi connectivity index (χ2n) is 6.30. The molecule has 136 valence electrons. The van der Waals surface area contributed by atoms with Crippen molar-refractivity contribution in [3.63, 3.8) is 0 Å². The van der Waals surface area contributed by atoms with Gasteiger partial charge in [-0.1, -0.05) is 0 Å². The molecule has 0 radical (unpaired) electrons. The van der Waals surface area contributed by atoms with Gasteiger partial charge in [-0.2, -0.15) is 0 Å². The Hall–Kier alpha value is -2.38. The van der Waals surface area contributed by atoms with Crippen LogP contribution in [0, 0.1) is 0 Å². The molecule has 3 aromatic rings. The van der Waals surface area contributed by atoms with Gasteiger partial charge in [0.25, 0.3) is 0 Å². The molecule has 0 amide bonds. The van der Waals surface area contributed by atoms with E-state index in [0.29, 0.717) is 24.3 Å². The molecule has 4 heterocycles. The Balaban J connectivity index is 0.00000196. The Labute approximate surface area is 157 Å². The third kappa shape index (κ3) is 3.89. The maximum Gasteiger partial charge on any atom is 0.155 e. The van der Waals surface area contributed by atoms with Crippen LogP contribution in [-0.2, 0) is 0 Å². The van der Waals surface area contributed by atoms with E-state index >= 15 is 0 Å². The zero-order valence-corrected chi connectivity index (χ0v) is 15.0. The van der Waals surface area contributed by atoms with E-state index in [4.69, 9.17) is 0 Å². The predicted molar refractivity (Wildman–Crippen MR) is 102 cm³/mol. The fraction of sp³-hybridized carbons (Fsp3) is 0.333. The van der Waals surface area contributed by atoms with Gasteiger partial charge in [0.15, 0.2) is 5.82 Å². The number of aromatic nitrogens is 4. The number of fused-ring (bicyclic) bond motifs is 1. The van der Waals surface area contributed by atoms with Crippen molar-refractivity contribution in [3.05, 3.63) is 43.0 Å². The Kier molecular flexibility index (Phi) is 5.58. The van der Waals surface area contributed by atoms with E-state index in [9.17, 15) is 4.39 Å². The Morgan fingerprint density at radius 3 is 2.73 bits per heavy atom. The lowest BCUT2D eigenvalue weighted by Crippen LogP contribution is -2.46. The van der Waals surface area contributed by atoms with Gasteiger partial charge in [-0.15, -0.1) is 12.4 Å². The summed E-state index contributed by atoms with van der Waals surface area (Å²) < 4.78 is 14.9. The van der Waals surface area contributed by atoms with Gasteiger partial charge < -0.3 is 10.6 Å². The molecule has 26 heavy (non-hydrogen) atoms. The summed E-state index contributed by atoms with van der Waals surface area (Å²) in [4.78, 5) is 17.4. The second-order valence-corrected chi connectivity index (χ2v) is 6.30. The maximum atomic E-state index is 14.9. The lowest BCUT2D eigenvalue weighted by atomic mass is 9.96. The second kappa shape index (κ2) is 7.88. The molecule has 1 fully saturated rings. The fourth-order valence-corrected chi connectivity index (χ4v) is 3.09. The van der Waals surface area contributed by atoms with Crippen LogP contribution in [0.1, 0.15) is 12.8 Å². The van der Waals surface area contributed by atoms with Gasteiger partial charge in [0.05, 0.1) is 17.8 Å². The quantitative estimate of drug-likeness (QED) is 0.731. The number of piperidine rings is 1. The van der Waals surface area contributed by atoms with Crippen LogP contribution < -0.4 is 10.6 Å². The van der Waals surface area contributed by atoms with Gasteiger partial charge in [0.1, 0.15) is 11.2 Å². The first-order chi connectivity index (χ1) is 12.2. The van der Waals surface area contributed by atoms with Crippen molar-refractivity contribution < 1.29 is 4.39 Å². The molecule has 0 aliphatic carbocycles. The van der Waals surface area contributed by atoms with Crippen LogP contribution in [0.25, 0.3) is 22.3 Å². The van der Waals surface area contributed by atoms with E-state index in [1.54, 1.807) is 24.8 Å². The normalized spacial score (nSPS) is 19.7. The molecule has 3 aromatic heterocycles. The van der Waals surface area contributed by atoms with Crippen molar-refractivity contribution in [1.29, 1.82) is 0 Å². The molecule has 1 atom stereocenters. The number of pyridine rings is 2. The number of alkyl halides is 1. The van der Waals surface area contributed by atoms with Crippen molar-refractivity contribution in [2.75, 3.05) is 25.0 Å². The molecule has 6 nitrogen and oxygen atoms in total. The number of halogens is 2. The van der Waals surface area contributed by atoms with Crippen LogP contribution >= 0.6 is 12.4 Å². The maximum absolute atomic E-state index is 14.9. The molecule has 1 saturated heterocycles. The minimum atomic E-state index is -1.28. The standard InChI is InChI=1S/C18H19FN6.ClH/c19-18(4-1-5-21-11-18)12-24-17-16-15(22-8-9-23-16)10-14(25-17)13-2-6-20-7-3-13;/h2-3,6-10,21H,1,4-5,11-12H2,(H,24,25);1H. The van der Waals surface area contributed by atoms with Crippen molar-refractivity contribution in [2.24, 2.45) is 0 Å². The molecule has 0 saturated carbocycles. The largest absolute Gasteiger partial charge is 0.365 e. The minimum absolute atomic E-state index is 0. The van der Waals surface area contributed by atoms with E-state index in [1.807, 2.05) is 18.2 Å². The van der Waals surface area contributed by atoms with Crippen molar-refractivity contribution in [1.82, 2.24) is 25.3 Å². The van der Waals surface area contributed by atoms with Gasteiger partial charge in [-0.05, 0) is 37.6 Å². The third-order valence-electron chi connectivity index (χ3n) is 4.43. The highest BCUT2D eigenvalue weighted by Gasteiger charge is 2.31. The summed E-state index contributed by atoms with van der Waals surface area (Å²) in [6.07, 6.45) is 8.08. The van der Waals surface area contributed by atoms with Crippen LogP contribution in [0.2, 0.25) is 0 Å². The molecule has 0 spiro atoms. The summed E-state index contributed by atoms with van der Waals surface area (Å²) in [7, 11) is 0. The number of hydrogen-bond donors (Lipinski definition) is 2. The van der Waals surface area contributed by atoms with Crippen molar-refractivity contribution in [3.8, 4) is 11.3 Å². The summed E-state index contributed by atoms with van der Waals surface area (Å²) in [6.45, 7) is 1.42. The molecule has 0 bridgehead atoms. The van der Waals surface area contributed by atoms with E-state index < -0.39 is 5.67 Å². The van der Waals surface area contributed by atoms with E-state index in [-0.39, 0.29) is 19.0 Å². The minimum Gasteiger partial charge on any atom is -0.365 e. The highest BCUT2D eigenvalue weighted by Crippen LogP contribution is 2.27. The number of nitrogens with one attached hydrogen (secondary N) is 2. The molecular formula is C18H20ClFN6. The van der Waals surface area contributed by atoms with Crippen LogP contribution in [0.4, 0.5) is 10.2 Å². The smallest absolute Gasteiger partial charge is 0.155 e. The highest BCUT2D eigenvalue weighted by molar-refractivity contribution is 5.88. The molecule has 4 rings (SSSR count). The average Bonchev–Trinajstić information content (AvgIpc) is 2.67. The van der Waals surface area contributed by atoms with Gasteiger partial charge >= 0.3 is 0 Å². The zero-order chi connectivity index (χ0) is 17.1. The Morgan fingerprint density at radius 1 is 1.15 bits per heavy atom. The molecule has 2 N–H and O–H groups in total.